The monoisotopic (exact) mass is 334 g/mol. The van der Waals surface area contributed by atoms with Crippen molar-refractivity contribution in [2.45, 2.75) is 13.8 Å². The molecule has 0 fully saturated rings. The first-order valence-electron chi connectivity index (χ1n) is 6.67. The number of nitrogens with zero attached hydrogens (tertiary/aromatic N) is 4. The fourth-order valence-electron chi connectivity index (χ4n) is 2.08. The molecule has 2 heterocycles. The molecule has 0 bridgehead atoms. The molecular weight excluding hydrogens is 323 g/mol. The van der Waals surface area contributed by atoms with Crippen LogP contribution in [0.3, 0.4) is 0 Å². The van der Waals surface area contributed by atoms with Crippen LogP contribution < -0.4 is 5.32 Å². The third kappa shape index (κ3) is 2.93. The molecule has 1 amide bonds. The third-order valence-corrected chi connectivity index (χ3v) is 3.43. The number of carbonyl (C=O) groups excluding carboxylic acids is 1. The molecule has 0 aliphatic rings. The average Bonchev–Trinajstić information content (AvgIpc) is 3.05. The molecule has 9 heteroatoms. The van der Waals surface area contributed by atoms with Crippen LogP contribution in [0.15, 0.2) is 24.3 Å². The number of amides is 1. The van der Waals surface area contributed by atoms with Crippen molar-refractivity contribution in [3.8, 4) is 5.69 Å². The van der Waals surface area contributed by atoms with Crippen LogP contribution >= 0.6 is 11.6 Å². The van der Waals surface area contributed by atoms with Crippen molar-refractivity contribution < 1.29 is 9.18 Å². The number of hydrogen-bond donors (Lipinski definition) is 2. The minimum atomic E-state index is -0.555. The molecule has 118 valence electrons. The Morgan fingerprint density at radius 1 is 1.35 bits per heavy atom. The van der Waals surface area contributed by atoms with Crippen molar-refractivity contribution in [1.82, 2.24) is 25.2 Å². The lowest BCUT2D eigenvalue weighted by Gasteiger charge is -2.05. The van der Waals surface area contributed by atoms with Gasteiger partial charge in [0.25, 0.3) is 5.91 Å². The second-order valence-electron chi connectivity index (χ2n) is 4.92. The molecule has 2 N–H and O–H groups in total. The summed E-state index contributed by atoms with van der Waals surface area (Å²) in [5.41, 5.74) is 1.45. The molecule has 0 saturated carbocycles. The molecule has 2 aromatic heterocycles. The van der Waals surface area contributed by atoms with Crippen LogP contribution in [0.25, 0.3) is 5.69 Å². The van der Waals surface area contributed by atoms with Crippen LogP contribution in [-0.4, -0.2) is 31.1 Å². The van der Waals surface area contributed by atoms with Crippen LogP contribution in [0, 0.1) is 19.7 Å². The molecule has 1 aromatic carbocycles. The number of aromatic nitrogens is 5. The van der Waals surface area contributed by atoms with Gasteiger partial charge < -0.3 is 5.32 Å². The van der Waals surface area contributed by atoms with Crippen LogP contribution in [-0.2, 0) is 0 Å². The number of hydrogen-bond acceptors (Lipinski definition) is 4. The standard InChI is InChI=1S/C14H12ClFN6O/c1-7-5-12(19-18-7)17-14(23)13-8(2)22(21-20-13)11-4-3-9(15)6-10(11)16/h3-6H,1-2H3,(H2,17,18,19,23). The number of nitrogens with one attached hydrogen (secondary N) is 2. The predicted molar refractivity (Wildman–Crippen MR) is 82.3 cm³/mol. The number of anilines is 1. The molecular formula is C14H12ClFN6O. The van der Waals surface area contributed by atoms with Gasteiger partial charge in [-0.25, -0.2) is 9.07 Å². The maximum atomic E-state index is 14.0. The van der Waals surface area contributed by atoms with Crippen molar-refractivity contribution in [2.24, 2.45) is 0 Å². The number of benzene rings is 1. The Bertz CT molecular complexity index is 887. The first-order chi connectivity index (χ1) is 11.0. The quantitative estimate of drug-likeness (QED) is 0.770. The molecule has 3 aromatic rings. The summed E-state index contributed by atoms with van der Waals surface area (Å²) in [7, 11) is 0. The first-order valence-corrected chi connectivity index (χ1v) is 7.04. The molecule has 3 rings (SSSR count). The maximum Gasteiger partial charge on any atom is 0.279 e. The van der Waals surface area contributed by atoms with E-state index in [4.69, 9.17) is 11.6 Å². The molecule has 0 atom stereocenters. The van der Waals surface area contributed by atoms with E-state index in [1.807, 2.05) is 6.92 Å². The highest BCUT2D eigenvalue weighted by atomic mass is 35.5. The molecule has 7 nitrogen and oxygen atoms in total. The molecule has 0 aliphatic carbocycles. The van der Waals surface area contributed by atoms with Crippen LogP contribution in [0.5, 0.6) is 0 Å². The summed E-state index contributed by atoms with van der Waals surface area (Å²) < 4.78 is 15.2. The fourth-order valence-corrected chi connectivity index (χ4v) is 2.24. The summed E-state index contributed by atoms with van der Waals surface area (Å²) in [5.74, 6) is -0.658. The number of halogens is 2. The van der Waals surface area contributed by atoms with E-state index in [1.54, 1.807) is 13.0 Å². The van der Waals surface area contributed by atoms with Crippen molar-refractivity contribution in [2.75, 3.05) is 5.32 Å². The summed E-state index contributed by atoms with van der Waals surface area (Å²) in [5, 5.41) is 17.2. The zero-order chi connectivity index (χ0) is 16.6. The number of rotatable bonds is 3. The summed E-state index contributed by atoms with van der Waals surface area (Å²) >= 11 is 5.73. The van der Waals surface area contributed by atoms with Gasteiger partial charge >= 0.3 is 0 Å². The van der Waals surface area contributed by atoms with Gasteiger partial charge in [0, 0.05) is 16.8 Å². The summed E-state index contributed by atoms with van der Waals surface area (Å²) in [6.45, 7) is 3.44. The van der Waals surface area contributed by atoms with Gasteiger partial charge in [0.05, 0.1) is 5.69 Å². The van der Waals surface area contributed by atoms with Gasteiger partial charge in [-0.05, 0) is 32.0 Å². The van der Waals surface area contributed by atoms with E-state index < -0.39 is 11.7 Å². The van der Waals surface area contributed by atoms with E-state index in [1.165, 1.54) is 22.9 Å². The maximum absolute atomic E-state index is 14.0. The van der Waals surface area contributed by atoms with Crippen LogP contribution in [0.4, 0.5) is 10.2 Å². The summed E-state index contributed by atoms with van der Waals surface area (Å²) in [6, 6.07) is 5.85. The molecule has 23 heavy (non-hydrogen) atoms. The van der Waals surface area contributed by atoms with Gasteiger partial charge in [-0.15, -0.1) is 5.10 Å². The van der Waals surface area contributed by atoms with Gasteiger partial charge in [-0.1, -0.05) is 16.8 Å². The van der Waals surface area contributed by atoms with Crippen LogP contribution in [0.1, 0.15) is 21.9 Å². The van der Waals surface area contributed by atoms with Crippen molar-refractivity contribution in [3.63, 3.8) is 0 Å². The van der Waals surface area contributed by atoms with E-state index in [9.17, 15) is 9.18 Å². The third-order valence-electron chi connectivity index (χ3n) is 3.20. The molecule has 0 spiro atoms. The average molecular weight is 335 g/mol. The lowest BCUT2D eigenvalue weighted by Crippen LogP contribution is -2.14. The second-order valence-corrected chi connectivity index (χ2v) is 5.36. The van der Waals surface area contributed by atoms with E-state index in [0.29, 0.717) is 11.5 Å². The Morgan fingerprint density at radius 2 is 2.13 bits per heavy atom. The molecule has 0 saturated heterocycles. The lowest BCUT2D eigenvalue weighted by molar-refractivity contribution is 0.102. The van der Waals surface area contributed by atoms with E-state index >= 15 is 0 Å². The largest absolute Gasteiger partial charge is 0.304 e. The highest BCUT2D eigenvalue weighted by molar-refractivity contribution is 6.30. The second kappa shape index (κ2) is 5.81. The Morgan fingerprint density at radius 3 is 2.78 bits per heavy atom. The van der Waals surface area contributed by atoms with E-state index in [2.05, 4.69) is 25.8 Å². The smallest absolute Gasteiger partial charge is 0.279 e. The first kappa shape index (κ1) is 15.2. The van der Waals surface area contributed by atoms with Crippen molar-refractivity contribution >= 4 is 23.3 Å². The fraction of sp³-hybridized carbons (Fsp3) is 0.143. The molecule has 0 unspecified atom stereocenters. The Hall–Kier alpha value is -2.74. The van der Waals surface area contributed by atoms with E-state index in [-0.39, 0.29) is 16.4 Å². The predicted octanol–water partition coefficient (Wildman–Crippen LogP) is 2.65. The molecule has 0 radical (unpaired) electrons. The Labute approximate surface area is 135 Å². The minimum absolute atomic E-state index is 0.0833. The van der Waals surface area contributed by atoms with Gasteiger partial charge in [0.1, 0.15) is 11.5 Å². The molecule has 0 aliphatic heterocycles. The number of H-pyrrole nitrogens is 1. The summed E-state index contributed by atoms with van der Waals surface area (Å²) in [6.07, 6.45) is 0. The van der Waals surface area contributed by atoms with Gasteiger partial charge in [-0.2, -0.15) is 5.10 Å². The number of carbonyl (C=O) groups is 1. The lowest BCUT2D eigenvalue weighted by atomic mass is 10.2. The van der Waals surface area contributed by atoms with Gasteiger partial charge in [-0.3, -0.25) is 9.89 Å². The zero-order valence-corrected chi connectivity index (χ0v) is 13.0. The Balaban J connectivity index is 1.91. The van der Waals surface area contributed by atoms with E-state index in [0.717, 1.165) is 5.69 Å². The van der Waals surface area contributed by atoms with Crippen LogP contribution in [0.2, 0.25) is 5.02 Å². The Kier molecular flexibility index (Phi) is 3.83. The summed E-state index contributed by atoms with van der Waals surface area (Å²) in [4.78, 5) is 12.2. The highest BCUT2D eigenvalue weighted by Crippen LogP contribution is 2.20. The normalized spacial score (nSPS) is 10.8. The van der Waals surface area contributed by atoms with Crippen molar-refractivity contribution in [1.29, 1.82) is 0 Å². The van der Waals surface area contributed by atoms with Crippen molar-refractivity contribution in [3.05, 3.63) is 52.2 Å². The number of aromatic amines is 1. The highest BCUT2D eigenvalue weighted by Gasteiger charge is 2.19. The van der Waals surface area contributed by atoms with Gasteiger partial charge in [0.15, 0.2) is 11.5 Å². The number of aryl methyl sites for hydroxylation is 1. The SMILES string of the molecule is Cc1cc(NC(=O)c2nnn(-c3ccc(Cl)cc3F)c2C)n[nH]1. The minimum Gasteiger partial charge on any atom is -0.304 e. The topological polar surface area (TPSA) is 88.5 Å². The van der Waals surface area contributed by atoms with Gasteiger partial charge in [0.2, 0.25) is 0 Å². The zero-order valence-electron chi connectivity index (χ0n) is 12.3.